The first-order valence-corrected chi connectivity index (χ1v) is 10.8. The molecule has 0 bridgehead atoms. The van der Waals surface area contributed by atoms with Gasteiger partial charge in [-0.3, -0.25) is 4.79 Å². The van der Waals surface area contributed by atoms with Crippen LogP contribution in [0.3, 0.4) is 0 Å². The second-order valence-electron chi connectivity index (χ2n) is 8.02. The number of methoxy groups -OCH3 is 1. The third kappa shape index (κ3) is 4.61. The van der Waals surface area contributed by atoms with E-state index in [0.29, 0.717) is 25.4 Å². The van der Waals surface area contributed by atoms with Crippen molar-refractivity contribution in [3.05, 3.63) is 52.1 Å². The van der Waals surface area contributed by atoms with Crippen LogP contribution in [0.15, 0.2) is 35.1 Å². The number of benzene rings is 1. The summed E-state index contributed by atoms with van der Waals surface area (Å²) in [5.41, 5.74) is 1.70. The van der Waals surface area contributed by atoms with E-state index in [-0.39, 0.29) is 17.4 Å². The number of hydrogen-bond acceptors (Lipinski definition) is 5. The van der Waals surface area contributed by atoms with Gasteiger partial charge in [-0.05, 0) is 30.9 Å². The first kappa shape index (κ1) is 20.7. The SMILES string of the molecule is COc1c(F)cccc1C[C@H]1CCCCCN1c1cc(N2CCOCC2)cc(=O)[nH]1. The standard InChI is InChI=1S/C23H30FN3O3/c1-29-23-17(6-5-8-20(23)24)14-18-7-3-2-4-9-27(18)21-15-19(16-22(28)25-21)26-10-12-30-13-11-26/h5-6,8,15-16,18H,2-4,7,9-14H2,1H3,(H,25,28)/t18-/m1/s1. The van der Waals surface area contributed by atoms with Crippen LogP contribution in [0, 0.1) is 5.82 Å². The Kier molecular flexibility index (Phi) is 6.57. The van der Waals surface area contributed by atoms with Crippen molar-refractivity contribution >= 4 is 11.5 Å². The van der Waals surface area contributed by atoms with Gasteiger partial charge in [0, 0.05) is 43.5 Å². The van der Waals surface area contributed by atoms with Gasteiger partial charge in [0.05, 0.1) is 20.3 Å². The number of nitrogens with one attached hydrogen (secondary N) is 1. The summed E-state index contributed by atoms with van der Waals surface area (Å²) in [5.74, 6) is 0.821. The van der Waals surface area contributed by atoms with Crippen molar-refractivity contribution in [1.29, 1.82) is 0 Å². The van der Waals surface area contributed by atoms with E-state index in [2.05, 4.69) is 20.9 Å². The largest absolute Gasteiger partial charge is 0.493 e. The Hall–Kier alpha value is -2.54. The molecule has 0 spiro atoms. The molecule has 1 N–H and O–H groups in total. The number of pyridine rings is 1. The molecule has 30 heavy (non-hydrogen) atoms. The lowest BCUT2D eigenvalue weighted by atomic mass is 9.99. The third-order valence-corrected chi connectivity index (χ3v) is 6.09. The molecule has 2 fully saturated rings. The van der Waals surface area contributed by atoms with E-state index < -0.39 is 0 Å². The van der Waals surface area contributed by atoms with Crippen LogP contribution in [-0.2, 0) is 11.2 Å². The van der Waals surface area contributed by atoms with Gasteiger partial charge in [0.15, 0.2) is 11.6 Å². The van der Waals surface area contributed by atoms with Crippen molar-refractivity contribution < 1.29 is 13.9 Å². The van der Waals surface area contributed by atoms with Crippen molar-refractivity contribution in [2.45, 2.75) is 38.1 Å². The molecule has 7 heteroatoms. The van der Waals surface area contributed by atoms with E-state index in [4.69, 9.17) is 9.47 Å². The zero-order valence-electron chi connectivity index (χ0n) is 17.5. The summed E-state index contributed by atoms with van der Waals surface area (Å²) in [5, 5.41) is 0. The molecular formula is C23H30FN3O3. The van der Waals surface area contributed by atoms with Crippen LogP contribution < -0.4 is 20.1 Å². The second-order valence-corrected chi connectivity index (χ2v) is 8.02. The highest BCUT2D eigenvalue weighted by Crippen LogP contribution is 2.30. The molecule has 2 aliphatic rings. The molecule has 4 rings (SSSR count). The molecule has 0 amide bonds. The van der Waals surface area contributed by atoms with Gasteiger partial charge in [-0.1, -0.05) is 25.0 Å². The lowest BCUT2D eigenvalue weighted by molar-refractivity contribution is 0.122. The van der Waals surface area contributed by atoms with Gasteiger partial charge < -0.3 is 24.3 Å². The van der Waals surface area contributed by atoms with Crippen molar-refractivity contribution in [1.82, 2.24) is 4.98 Å². The predicted molar refractivity (Wildman–Crippen MR) is 116 cm³/mol. The number of aromatic amines is 1. The number of morpholine rings is 1. The maximum absolute atomic E-state index is 14.2. The number of aromatic nitrogens is 1. The van der Waals surface area contributed by atoms with Gasteiger partial charge in [0.25, 0.3) is 5.56 Å². The molecule has 162 valence electrons. The highest BCUT2D eigenvalue weighted by Gasteiger charge is 2.25. The van der Waals surface area contributed by atoms with Crippen molar-refractivity contribution in [2.75, 3.05) is 49.8 Å². The molecular weight excluding hydrogens is 385 g/mol. The smallest absolute Gasteiger partial charge is 0.251 e. The molecule has 0 unspecified atom stereocenters. The first-order chi connectivity index (χ1) is 14.7. The van der Waals surface area contributed by atoms with Gasteiger partial charge in [0.1, 0.15) is 5.82 Å². The third-order valence-electron chi connectivity index (χ3n) is 6.09. The summed E-state index contributed by atoms with van der Waals surface area (Å²) in [6.07, 6.45) is 5.00. The summed E-state index contributed by atoms with van der Waals surface area (Å²) in [6, 6.07) is 8.99. The molecule has 0 radical (unpaired) electrons. The zero-order valence-corrected chi connectivity index (χ0v) is 17.5. The Morgan fingerprint density at radius 3 is 2.80 bits per heavy atom. The highest BCUT2D eigenvalue weighted by atomic mass is 19.1. The van der Waals surface area contributed by atoms with Crippen LogP contribution in [0.5, 0.6) is 5.75 Å². The van der Waals surface area contributed by atoms with Gasteiger partial charge in [0.2, 0.25) is 0 Å². The van der Waals surface area contributed by atoms with Crippen LogP contribution in [0.4, 0.5) is 15.9 Å². The topological polar surface area (TPSA) is 57.8 Å². The Labute approximate surface area is 176 Å². The average Bonchev–Trinajstić information content (AvgIpc) is 3.00. The van der Waals surface area contributed by atoms with Crippen LogP contribution in [-0.4, -0.2) is 51.0 Å². The maximum atomic E-state index is 14.2. The molecule has 2 aliphatic heterocycles. The molecule has 1 aromatic heterocycles. The van der Waals surface area contributed by atoms with Crippen LogP contribution in [0.1, 0.15) is 31.2 Å². The molecule has 2 aromatic rings. The molecule has 2 saturated heterocycles. The first-order valence-electron chi connectivity index (χ1n) is 10.8. The quantitative estimate of drug-likeness (QED) is 0.812. The highest BCUT2D eigenvalue weighted by molar-refractivity contribution is 5.56. The number of para-hydroxylation sites is 1. The van der Waals surface area contributed by atoms with Gasteiger partial charge in [-0.15, -0.1) is 0 Å². The van der Waals surface area contributed by atoms with E-state index >= 15 is 0 Å². The van der Waals surface area contributed by atoms with Crippen LogP contribution >= 0.6 is 0 Å². The summed E-state index contributed by atoms with van der Waals surface area (Å²) in [6.45, 7) is 3.78. The fraction of sp³-hybridized carbons (Fsp3) is 0.522. The van der Waals surface area contributed by atoms with E-state index in [9.17, 15) is 9.18 Å². The number of anilines is 2. The Bertz CT molecular complexity index is 911. The van der Waals surface area contributed by atoms with E-state index in [0.717, 1.165) is 62.4 Å². The molecule has 6 nitrogen and oxygen atoms in total. The lowest BCUT2D eigenvalue weighted by Crippen LogP contribution is -2.39. The Balaban J connectivity index is 1.64. The fourth-order valence-electron chi connectivity index (χ4n) is 4.58. The van der Waals surface area contributed by atoms with E-state index in [1.807, 2.05) is 6.07 Å². The van der Waals surface area contributed by atoms with Crippen molar-refractivity contribution in [2.24, 2.45) is 0 Å². The van der Waals surface area contributed by atoms with Gasteiger partial charge >= 0.3 is 0 Å². The van der Waals surface area contributed by atoms with Gasteiger partial charge in [-0.2, -0.15) is 0 Å². The number of hydrogen-bond donors (Lipinski definition) is 1. The summed E-state index contributed by atoms with van der Waals surface area (Å²) in [7, 11) is 1.51. The minimum Gasteiger partial charge on any atom is -0.493 e. The fourth-order valence-corrected chi connectivity index (χ4v) is 4.58. The molecule has 1 atom stereocenters. The van der Waals surface area contributed by atoms with E-state index in [1.165, 1.54) is 13.2 Å². The van der Waals surface area contributed by atoms with Crippen LogP contribution in [0.2, 0.25) is 0 Å². The lowest BCUT2D eigenvalue weighted by Gasteiger charge is -2.34. The molecule has 3 heterocycles. The van der Waals surface area contributed by atoms with Crippen molar-refractivity contribution in [3.63, 3.8) is 0 Å². The van der Waals surface area contributed by atoms with E-state index in [1.54, 1.807) is 12.1 Å². The number of nitrogens with zero attached hydrogens (tertiary/aromatic N) is 2. The second kappa shape index (κ2) is 9.51. The number of rotatable bonds is 5. The summed E-state index contributed by atoms with van der Waals surface area (Å²) < 4.78 is 25.0. The maximum Gasteiger partial charge on any atom is 0.251 e. The summed E-state index contributed by atoms with van der Waals surface area (Å²) in [4.78, 5) is 20.0. The minimum absolute atomic E-state index is 0.0969. The average molecular weight is 416 g/mol. The normalized spacial score (nSPS) is 20.1. The number of ether oxygens (including phenoxy) is 2. The van der Waals surface area contributed by atoms with Crippen LogP contribution in [0.25, 0.3) is 0 Å². The zero-order chi connectivity index (χ0) is 20.9. The Morgan fingerprint density at radius 1 is 1.17 bits per heavy atom. The minimum atomic E-state index is -0.335. The van der Waals surface area contributed by atoms with Crippen molar-refractivity contribution in [3.8, 4) is 5.75 Å². The molecule has 1 aromatic carbocycles. The number of H-pyrrole nitrogens is 1. The monoisotopic (exact) mass is 415 g/mol. The molecule has 0 aliphatic carbocycles. The number of halogens is 1. The Morgan fingerprint density at radius 2 is 2.00 bits per heavy atom. The molecule has 0 saturated carbocycles. The summed E-state index contributed by atoms with van der Waals surface area (Å²) >= 11 is 0. The van der Waals surface area contributed by atoms with Gasteiger partial charge in [-0.25, -0.2) is 4.39 Å². The predicted octanol–water partition coefficient (Wildman–Crippen LogP) is 3.35.